The van der Waals surface area contributed by atoms with Gasteiger partial charge in [-0.05, 0) is 31.7 Å². The van der Waals surface area contributed by atoms with Crippen molar-refractivity contribution in [2.45, 2.75) is 18.8 Å². The van der Waals surface area contributed by atoms with Crippen LogP contribution in [0, 0.1) is 0 Å². The highest BCUT2D eigenvalue weighted by molar-refractivity contribution is 6.17. The summed E-state index contributed by atoms with van der Waals surface area (Å²) in [6.07, 6.45) is 0. The molecule has 1 aliphatic heterocycles. The third kappa shape index (κ3) is 2.50. The maximum absolute atomic E-state index is 5.79. The Kier molecular flexibility index (Phi) is 3.72. The molecule has 0 amide bonds. The van der Waals surface area contributed by atoms with Crippen LogP contribution in [0.4, 0.5) is 5.69 Å². The van der Waals surface area contributed by atoms with Crippen LogP contribution in [-0.4, -0.2) is 37.6 Å². The van der Waals surface area contributed by atoms with E-state index in [9.17, 15) is 0 Å². The number of likely N-dealkylation sites (N-methyl/N-ethyl adjacent to an activating group) is 1. The second kappa shape index (κ2) is 5.07. The summed E-state index contributed by atoms with van der Waals surface area (Å²) in [4.78, 5) is 4.85. The van der Waals surface area contributed by atoms with Gasteiger partial charge >= 0.3 is 0 Å². The Bertz CT molecular complexity index is 336. The fourth-order valence-electron chi connectivity index (χ4n) is 2.08. The van der Waals surface area contributed by atoms with Gasteiger partial charge in [0.2, 0.25) is 0 Å². The van der Waals surface area contributed by atoms with Crippen LogP contribution in [-0.2, 0) is 5.88 Å². The summed E-state index contributed by atoms with van der Waals surface area (Å²) in [5, 5.41) is 0. The predicted octanol–water partition coefficient (Wildman–Crippen LogP) is 2.57. The molecule has 88 valence electrons. The zero-order valence-electron chi connectivity index (χ0n) is 9.99. The normalized spacial score (nSPS) is 22.4. The first kappa shape index (κ1) is 11.7. The monoisotopic (exact) mass is 238 g/mol. The lowest BCUT2D eigenvalue weighted by atomic mass is 10.1. The molecule has 1 heterocycles. The molecule has 1 saturated heterocycles. The zero-order valence-corrected chi connectivity index (χ0v) is 10.7. The highest BCUT2D eigenvalue weighted by atomic mass is 35.5. The van der Waals surface area contributed by atoms with Gasteiger partial charge in [-0.3, -0.25) is 0 Å². The van der Waals surface area contributed by atoms with Crippen LogP contribution in [0.5, 0.6) is 0 Å². The summed E-state index contributed by atoms with van der Waals surface area (Å²) < 4.78 is 0. The van der Waals surface area contributed by atoms with Crippen LogP contribution in [0.2, 0.25) is 0 Å². The summed E-state index contributed by atoms with van der Waals surface area (Å²) in [5.41, 5.74) is 2.50. The molecule has 16 heavy (non-hydrogen) atoms. The first-order chi connectivity index (χ1) is 7.70. The van der Waals surface area contributed by atoms with Crippen LogP contribution in [0.3, 0.4) is 0 Å². The van der Waals surface area contributed by atoms with Crippen LogP contribution in [0.1, 0.15) is 12.5 Å². The third-order valence-corrected chi connectivity index (χ3v) is 3.72. The topological polar surface area (TPSA) is 6.48 Å². The van der Waals surface area contributed by atoms with Crippen molar-refractivity contribution in [2.75, 3.05) is 31.6 Å². The molecule has 3 heteroatoms. The number of hydrogen-bond donors (Lipinski definition) is 0. The summed E-state index contributed by atoms with van der Waals surface area (Å²) >= 11 is 5.79. The number of anilines is 1. The molecular formula is C13H19ClN2. The number of nitrogens with zero attached hydrogens (tertiary/aromatic N) is 2. The molecule has 1 fully saturated rings. The molecule has 1 aliphatic rings. The van der Waals surface area contributed by atoms with Gasteiger partial charge in [0, 0.05) is 37.2 Å². The molecule has 1 unspecified atom stereocenters. The van der Waals surface area contributed by atoms with Crippen LogP contribution >= 0.6 is 11.6 Å². The van der Waals surface area contributed by atoms with E-state index in [0.717, 1.165) is 19.6 Å². The lowest BCUT2D eigenvalue weighted by Gasteiger charge is -2.39. The predicted molar refractivity (Wildman–Crippen MR) is 70.3 cm³/mol. The minimum absolute atomic E-state index is 0.597. The van der Waals surface area contributed by atoms with Crippen LogP contribution in [0.25, 0.3) is 0 Å². The molecule has 1 atom stereocenters. The number of halogens is 1. The van der Waals surface area contributed by atoms with Gasteiger partial charge in [0.15, 0.2) is 0 Å². The minimum Gasteiger partial charge on any atom is -0.369 e. The Morgan fingerprint density at radius 3 is 2.50 bits per heavy atom. The van der Waals surface area contributed by atoms with E-state index in [1.165, 1.54) is 11.3 Å². The van der Waals surface area contributed by atoms with Crippen molar-refractivity contribution in [3.05, 3.63) is 29.8 Å². The Morgan fingerprint density at radius 2 is 1.94 bits per heavy atom. The van der Waals surface area contributed by atoms with Crippen molar-refractivity contribution >= 4 is 17.3 Å². The van der Waals surface area contributed by atoms with E-state index in [4.69, 9.17) is 11.6 Å². The number of hydrogen-bond acceptors (Lipinski definition) is 2. The van der Waals surface area contributed by atoms with Gasteiger partial charge in [-0.1, -0.05) is 12.1 Å². The van der Waals surface area contributed by atoms with Gasteiger partial charge in [-0.2, -0.15) is 0 Å². The van der Waals surface area contributed by atoms with Crippen molar-refractivity contribution in [3.8, 4) is 0 Å². The zero-order chi connectivity index (χ0) is 11.5. The maximum Gasteiger partial charge on any atom is 0.0474 e. The van der Waals surface area contributed by atoms with Crippen LogP contribution in [0.15, 0.2) is 24.3 Å². The first-order valence-corrected chi connectivity index (χ1v) is 6.34. The van der Waals surface area contributed by atoms with E-state index in [1.807, 2.05) is 0 Å². The average molecular weight is 239 g/mol. The van der Waals surface area contributed by atoms with Crippen molar-refractivity contribution < 1.29 is 0 Å². The maximum atomic E-state index is 5.79. The third-order valence-electron chi connectivity index (χ3n) is 3.42. The quantitative estimate of drug-likeness (QED) is 0.731. The molecule has 2 rings (SSSR count). The van der Waals surface area contributed by atoms with E-state index in [1.54, 1.807) is 0 Å². The van der Waals surface area contributed by atoms with Crippen molar-refractivity contribution in [3.63, 3.8) is 0 Å². The van der Waals surface area contributed by atoms with E-state index in [0.29, 0.717) is 11.9 Å². The van der Waals surface area contributed by atoms with Gasteiger partial charge in [-0.15, -0.1) is 11.6 Å². The number of piperazine rings is 1. The number of alkyl halides is 1. The molecule has 0 spiro atoms. The van der Waals surface area contributed by atoms with Gasteiger partial charge in [-0.25, -0.2) is 0 Å². The molecule has 0 aromatic heterocycles. The molecule has 1 aromatic rings. The SMILES string of the molecule is CC1CN(c2ccc(CCl)cc2)CCN1C. The average Bonchev–Trinajstić information content (AvgIpc) is 2.33. The molecule has 0 saturated carbocycles. The molecule has 0 radical (unpaired) electrons. The Morgan fingerprint density at radius 1 is 1.25 bits per heavy atom. The van der Waals surface area contributed by atoms with Crippen LogP contribution < -0.4 is 4.90 Å². The lowest BCUT2D eigenvalue weighted by molar-refractivity contribution is 0.234. The second-order valence-electron chi connectivity index (χ2n) is 4.58. The number of rotatable bonds is 2. The Labute approximate surface area is 103 Å². The second-order valence-corrected chi connectivity index (χ2v) is 4.84. The first-order valence-electron chi connectivity index (χ1n) is 5.81. The highest BCUT2D eigenvalue weighted by Crippen LogP contribution is 2.19. The summed E-state index contributed by atoms with van der Waals surface area (Å²) in [6.45, 7) is 5.63. The fraction of sp³-hybridized carbons (Fsp3) is 0.538. The van der Waals surface area contributed by atoms with Crippen molar-refractivity contribution in [1.29, 1.82) is 0 Å². The smallest absolute Gasteiger partial charge is 0.0474 e. The minimum atomic E-state index is 0.597. The molecule has 0 N–H and O–H groups in total. The van der Waals surface area contributed by atoms with Gasteiger partial charge in [0.25, 0.3) is 0 Å². The van der Waals surface area contributed by atoms with Gasteiger partial charge < -0.3 is 9.80 Å². The summed E-state index contributed by atoms with van der Waals surface area (Å²) in [6, 6.07) is 9.21. The largest absolute Gasteiger partial charge is 0.369 e. The van der Waals surface area contributed by atoms with Crippen molar-refractivity contribution in [2.24, 2.45) is 0 Å². The molecule has 0 aliphatic carbocycles. The van der Waals surface area contributed by atoms with Gasteiger partial charge in [0.1, 0.15) is 0 Å². The van der Waals surface area contributed by atoms with E-state index in [2.05, 4.69) is 48.0 Å². The van der Waals surface area contributed by atoms with E-state index >= 15 is 0 Å². The van der Waals surface area contributed by atoms with E-state index in [-0.39, 0.29) is 0 Å². The molecule has 2 nitrogen and oxygen atoms in total. The Balaban J connectivity index is 2.06. The standard InChI is InChI=1S/C13H19ClN2/c1-11-10-16(8-7-15(11)2)13-5-3-12(9-14)4-6-13/h3-6,11H,7-10H2,1-2H3. The number of benzene rings is 1. The molecule has 0 bridgehead atoms. The molecule has 1 aromatic carbocycles. The Hall–Kier alpha value is -0.730. The lowest BCUT2D eigenvalue weighted by Crippen LogP contribution is -2.50. The van der Waals surface area contributed by atoms with Crippen molar-refractivity contribution in [1.82, 2.24) is 4.90 Å². The highest BCUT2D eigenvalue weighted by Gasteiger charge is 2.20. The molecular weight excluding hydrogens is 220 g/mol. The van der Waals surface area contributed by atoms with E-state index < -0.39 is 0 Å². The summed E-state index contributed by atoms with van der Waals surface area (Å²) in [7, 11) is 2.19. The summed E-state index contributed by atoms with van der Waals surface area (Å²) in [5.74, 6) is 0.597. The fourth-order valence-corrected chi connectivity index (χ4v) is 2.26. The van der Waals surface area contributed by atoms with Gasteiger partial charge in [0.05, 0.1) is 0 Å².